The number of fused-ring (bicyclic) bond motifs is 2. The van der Waals surface area contributed by atoms with Crippen LogP contribution in [0.1, 0.15) is 47.2 Å². The predicted molar refractivity (Wildman–Crippen MR) is 105 cm³/mol. The summed E-state index contributed by atoms with van der Waals surface area (Å²) < 4.78 is 13.1. The maximum absolute atomic E-state index is 6.57. The monoisotopic (exact) mass is 348 g/mol. The van der Waals surface area contributed by atoms with Crippen molar-refractivity contribution >= 4 is 20.7 Å². The van der Waals surface area contributed by atoms with Gasteiger partial charge in [-0.15, -0.1) is 0 Å². The molecule has 2 aromatic rings. The average molecular weight is 349 g/mol. The van der Waals surface area contributed by atoms with Gasteiger partial charge in [-0.3, -0.25) is 0 Å². The molecule has 0 N–H and O–H groups in total. The van der Waals surface area contributed by atoms with Gasteiger partial charge in [-0.05, 0) is 36.1 Å². The third-order valence-electron chi connectivity index (χ3n) is 5.21. The van der Waals surface area contributed by atoms with Crippen molar-refractivity contribution < 1.29 is 8.85 Å². The van der Waals surface area contributed by atoms with Crippen molar-refractivity contribution in [3.05, 3.63) is 82.9 Å². The smallest absolute Gasteiger partial charge is 0.361 e. The summed E-state index contributed by atoms with van der Waals surface area (Å²) in [6.07, 6.45) is 9.06. The average Bonchev–Trinajstić information content (AvgIpc) is 3.26. The molecule has 2 aliphatic carbocycles. The minimum absolute atomic E-state index is 0.212. The highest BCUT2D eigenvalue weighted by atomic mass is 28.4. The first-order chi connectivity index (χ1) is 12.3. The molecule has 0 bridgehead atoms. The maximum atomic E-state index is 6.57. The van der Waals surface area contributed by atoms with E-state index in [0.29, 0.717) is 13.2 Å². The van der Waals surface area contributed by atoms with Crippen molar-refractivity contribution in [2.75, 3.05) is 13.2 Å². The Kier molecular flexibility index (Phi) is 4.46. The number of hydrogen-bond donors (Lipinski definition) is 0. The molecule has 0 amide bonds. The van der Waals surface area contributed by atoms with Crippen LogP contribution in [0.15, 0.2) is 60.7 Å². The van der Waals surface area contributed by atoms with Crippen molar-refractivity contribution in [2.24, 2.45) is 0 Å². The maximum Gasteiger partial charge on any atom is 0.361 e. The lowest BCUT2D eigenvalue weighted by molar-refractivity contribution is 0.172. The molecule has 0 saturated heterocycles. The van der Waals surface area contributed by atoms with E-state index in [1.807, 2.05) is 0 Å². The van der Waals surface area contributed by atoms with Crippen molar-refractivity contribution in [2.45, 2.75) is 24.9 Å². The highest BCUT2D eigenvalue weighted by Gasteiger charge is 2.54. The molecule has 2 unspecified atom stereocenters. The zero-order chi connectivity index (χ0) is 17.3. The quantitative estimate of drug-likeness (QED) is 0.668. The van der Waals surface area contributed by atoms with E-state index in [4.69, 9.17) is 8.85 Å². The van der Waals surface area contributed by atoms with E-state index in [9.17, 15) is 0 Å². The van der Waals surface area contributed by atoms with Crippen molar-refractivity contribution in [3.8, 4) is 0 Å². The van der Waals surface area contributed by atoms with Gasteiger partial charge < -0.3 is 8.85 Å². The van der Waals surface area contributed by atoms with Crippen LogP contribution in [0, 0.1) is 0 Å². The van der Waals surface area contributed by atoms with Gasteiger partial charge in [0.15, 0.2) is 0 Å². The fraction of sp³-hybridized carbons (Fsp3) is 0.273. The van der Waals surface area contributed by atoms with Crippen LogP contribution in [0.3, 0.4) is 0 Å². The predicted octanol–water partition coefficient (Wildman–Crippen LogP) is 5.20. The third kappa shape index (κ3) is 2.63. The Labute approximate surface area is 151 Å². The number of hydrogen-bond acceptors (Lipinski definition) is 2. The molecular formula is C22H24O2Si. The topological polar surface area (TPSA) is 18.5 Å². The first kappa shape index (κ1) is 16.5. The van der Waals surface area contributed by atoms with Crippen LogP contribution in [-0.4, -0.2) is 21.8 Å². The van der Waals surface area contributed by atoms with Gasteiger partial charge in [0, 0.05) is 24.3 Å². The zero-order valence-corrected chi connectivity index (χ0v) is 15.8. The standard InChI is InChI=1S/C22H24O2Si/c1-3-23-25(24-4-2,21-15-13-17-9-5-7-11-19(17)21)22-16-14-18-10-6-8-12-20(18)22/h5-16,21-22H,3-4H2,1-2H3. The first-order valence-electron chi connectivity index (χ1n) is 9.12. The summed E-state index contributed by atoms with van der Waals surface area (Å²) >= 11 is 0. The minimum Gasteiger partial charge on any atom is -0.393 e. The van der Waals surface area contributed by atoms with Crippen molar-refractivity contribution in [3.63, 3.8) is 0 Å². The Hall–Kier alpha value is -1.94. The summed E-state index contributed by atoms with van der Waals surface area (Å²) in [7, 11) is -2.61. The normalized spacial score (nSPS) is 20.7. The molecule has 0 radical (unpaired) electrons. The van der Waals surface area contributed by atoms with Gasteiger partial charge in [0.05, 0.1) is 0 Å². The van der Waals surface area contributed by atoms with E-state index < -0.39 is 8.56 Å². The molecule has 2 aromatic carbocycles. The van der Waals surface area contributed by atoms with Gasteiger partial charge in [-0.2, -0.15) is 0 Å². The summed E-state index contributed by atoms with van der Waals surface area (Å²) in [5.74, 6) is 0. The molecule has 0 spiro atoms. The Bertz CT molecular complexity index is 755. The second kappa shape index (κ2) is 6.75. The molecule has 128 valence electrons. The first-order valence-corrected chi connectivity index (χ1v) is 11.1. The molecule has 2 nitrogen and oxygen atoms in total. The molecule has 4 rings (SSSR count). The van der Waals surface area contributed by atoms with E-state index in [2.05, 4.69) is 86.7 Å². The lowest BCUT2D eigenvalue weighted by atomic mass is 10.1. The van der Waals surface area contributed by atoms with Crippen molar-refractivity contribution in [1.82, 2.24) is 0 Å². The van der Waals surface area contributed by atoms with Crippen LogP contribution in [0.4, 0.5) is 0 Å². The number of allylic oxidation sites excluding steroid dienone is 2. The Morgan fingerprint density at radius 1 is 0.720 bits per heavy atom. The second-order valence-electron chi connectivity index (χ2n) is 6.52. The van der Waals surface area contributed by atoms with Gasteiger partial charge >= 0.3 is 8.56 Å². The molecule has 3 heteroatoms. The van der Waals surface area contributed by atoms with Crippen LogP contribution in [-0.2, 0) is 8.85 Å². The lowest BCUT2D eigenvalue weighted by Crippen LogP contribution is -2.52. The van der Waals surface area contributed by atoms with Gasteiger partial charge in [-0.25, -0.2) is 0 Å². The van der Waals surface area contributed by atoms with E-state index in [-0.39, 0.29) is 11.1 Å². The molecule has 2 atom stereocenters. The summed E-state index contributed by atoms with van der Waals surface area (Å²) in [5, 5.41) is 0. The summed E-state index contributed by atoms with van der Waals surface area (Å²) in [6, 6.07) is 17.3. The largest absolute Gasteiger partial charge is 0.393 e. The Morgan fingerprint density at radius 2 is 1.16 bits per heavy atom. The molecule has 0 saturated carbocycles. The van der Waals surface area contributed by atoms with Gasteiger partial charge in [0.25, 0.3) is 0 Å². The highest BCUT2D eigenvalue weighted by molar-refractivity contribution is 6.72. The van der Waals surface area contributed by atoms with Crippen LogP contribution in [0.2, 0.25) is 0 Å². The van der Waals surface area contributed by atoms with Crippen LogP contribution >= 0.6 is 0 Å². The summed E-state index contributed by atoms with van der Waals surface area (Å²) in [6.45, 7) is 5.50. The van der Waals surface area contributed by atoms with Gasteiger partial charge in [0.1, 0.15) is 0 Å². The molecule has 0 heterocycles. The lowest BCUT2D eigenvalue weighted by Gasteiger charge is -2.39. The molecule has 25 heavy (non-hydrogen) atoms. The van der Waals surface area contributed by atoms with Gasteiger partial charge in [-0.1, -0.05) is 72.8 Å². The fourth-order valence-corrected chi connectivity index (χ4v) is 8.46. The van der Waals surface area contributed by atoms with E-state index >= 15 is 0 Å². The molecule has 2 aliphatic rings. The fourth-order valence-electron chi connectivity index (χ4n) is 4.25. The molecule has 0 aromatic heterocycles. The number of rotatable bonds is 6. The van der Waals surface area contributed by atoms with Crippen LogP contribution < -0.4 is 0 Å². The Morgan fingerprint density at radius 3 is 1.60 bits per heavy atom. The minimum atomic E-state index is -2.61. The molecule has 0 aliphatic heterocycles. The Balaban J connectivity index is 1.85. The van der Waals surface area contributed by atoms with E-state index in [1.54, 1.807) is 0 Å². The summed E-state index contributed by atoms with van der Waals surface area (Å²) in [5.41, 5.74) is 5.69. The zero-order valence-electron chi connectivity index (χ0n) is 14.8. The molecular weight excluding hydrogens is 324 g/mol. The summed E-state index contributed by atoms with van der Waals surface area (Å²) in [4.78, 5) is 0. The van der Waals surface area contributed by atoms with Crippen LogP contribution in [0.5, 0.6) is 0 Å². The second-order valence-corrected chi connectivity index (χ2v) is 9.78. The van der Waals surface area contributed by atoms with Crippen LogP contribution in [0.25, 0.3) is 12.2 Å². The van der Waals surface area contributed by atoms with E-state index in [0.717, 1.165) is 0 Å². The van der Waals surface area contributed by atoms with Gasteiger partial charge in [0.2, 0.25) is 0 Å². The highest BCUT2D eigenvalue weighted by Crippen LogP contribution is 2.48. The number of benzene rings is 2. The SMILES string of the molecule is CCO[Si](OCC)(C1C=Cc2ccccc21)C1C=Cc2ccccc21. The third-order valence-corrected chi connectivity index (χ3v) is 9.43. The molecule has 0 fully saturated rings. The van der Waals surface area contributed by atoms with Crippen molar-refractivity contribution in [1.29, 1.82) is 0 Å². The van der Waals surface area contributed by atoms with E-state index in [1.165, 1.54) is 22.3 Å².